The molecule has 8 aliphatic heterocycles. The van der Waals surface area contributed by atoms with Crippen LogP contribution in [0.3, 0.4) is 0 Å². The number of carbonyl (C=O) groups is 2. The van der Waals surface area contributed by atoms with Gasteiger partial charge >= 0.3 is 0 Å². The molecular weight excluding hydrogens is 1290 g/mol. The zero-order chi connectivity index (χ0) is 69.2. The highest BCUT2D eigenvalue weighted by atomic mass is 16.8. The standard InChI is InChI=1S/C52H88N2O40/c1-11-23(63)29(69)34(74)48(81-11)92-42-22(54-13(3)62)46(80-10-20-27(67)44(94-50-36(76)31(71)25(65)15(5-56)84-50)38(78)52(88-20)90-40-17(7-58)82-45(79)33(73)32(40)72)86-19(9-60)41(42)91-51-37(77)43(26(66)16(6-57)85-51)93-47-21(53-12(2)61)28(68)39(18(8-59)87-47)89-49-35(75)30(70)24(64)14(4-55)83-49/h11,14-52,55-60,63-79H,4-10H2,1-3H3,(H,53,61)(H,54,62)/t11-,14+,15+,16+,17+,18+,19+,20+,21+,22+,23+,24-,25-,26-,27-,28+,29+,30-,31-,32+,33+,34-,35+,36+,37+,38+,39+,40+,41+,42+,43-,44-,45?,46+,47-,48-,49-,50-,51-,52-/m0/s1. The van der Waals surface area contributed by atoms with Crippen molar-refractivity contribution in [3.8, 4) is 0 Å². The molecule has 0 bridgehead atoms. The number of ether oxygens (including phenoxy) is 15. The van der Waals surface area contributed by atoms with Crippen LogP contribution in [-0.4, -0.2) is 421 Å². The van der Waals surface area contributed by atoms with Gasteiger partial charge in [-0.15, -0.1) is 0 Å². The van der Waals surface area contributed by atoms with E-state index >= 15 is 0 Å². The summed E-state index contributed by atoms with van der Waals surface area (Å²) in [7, 11) is 0. The van der Waals surface area contributed by atoms with E-state index in [9.17, 15) is 127 Å². The summed E-state index contributed by atoms with van der Waals surface area (Å²) in [5.41, 5.74) is 0. The van der Waals surface area contributed by atoms with Crippen LogP contribution in [0.5, 0.6) is 0 Å². The van der Waals surface area contributed by atoms with Gasteiger partial charge in [-0.25, -0.2) is 0 Å². The molecule has 8 rings (SSSR count). The summed E-state index contributed by atoms with van der Waals surface area (Å²) in [4.78, 5) is 26.0. The third kappa shape index (κ3) is 16.4. The quantitative estimate of drug-likeness (QED) is 0.0452. The highest BCUT2D eigenvalue weighted by Crippen LogP contribution is 2.39. The summed E-state index contributed by atoms with van der Waals surface area (Å²) in [5, 5.41) is 254. The third-order valence-corrected chi connectivity index (χ3v) is 17.4. The van der Waals surface area contributed by atoms with Crippen molar-refractivity contribution in [3.05, 3.63) is 0 Å². The predicted octanol–water partition coefficient (Wildman–Crippen LogP) is -17.1. The Morgan fingerprint density at radius 1 is 0.298 bits per heavy atom. The van der Waals surface area contributed by atoms with Crippen LogP contribution in [-0.2, 0) is 80.6 Å². The van der Waals surface area contributed by atoms with Crippen LogP contribution in [0.1, 0.15) is 20.8 Å². The molecule has 94 heavy (non-hydrogen) atoms. The summed E-state index contributed by atoms with van der Waals surface area (Å²) in [5.74, 6) is -1.83. The van der Waals surface area contributed by atoms with Gasteiger partial charge < -0.3 is 199 Å². The largest absolute Gasteiger partial charge is 0.394 e. The van der Waals surface area contributed by atoms with Gasteiger partial charge in [0.25, 0.3) is 0 Å². The van der Waals surface area contributed by atoms with Crippen molar-refractivity contribution in [2.45, 2.75) is 266 Å². The number of carbonyl (C=O) groups excluding carboxylic acids is 2. The van der Waals surface area contributed by atoms with Crippen molar-refractivity contribution in [1.82, 2.24) is 10.6 Å². The molecule has 8 heterocycles. The molecule has 0 aromatic heterocycles. The Bertz CT molecular complexity index is 2360. The maximum atomic E-state index is 13.3. The van der Waals surface area contributed by atoms with Crippen LogP contribution in [0.4, 0.5) is 0 Å². The first kappa shape index (κ1) is 77.2. The molecule has 2 amide bonds. The average Bonchev–Trinajstić information content (AvgIpc) is 0.773. The van der Waals surface area contributed by atoms with Crippen LogP contribution in [0.15, 0.2) is 0 Å². The van der Waals surface area contributed by atoms with Gasteiger partial charge in [0.05, 0.1) is 52.4 Å². The van der Waals surface area contributed by atoms with E-state index in [-0.39, 0.29) is 0 Å². The van der Waals surface area contributed by atoms with Gasteiger partial charge in [-0.05, 0) is 6.92 Å². The fourth-order valence-electron chi connectivity index (χ4n) is 12.1. The molecule has 0 aromatic rings. The number of hydrogen-bond acceptors (Lipinski definition) is 40. The molecule has 1 unspecified atom stereocenters. The number of nitrogens with one attached hydrogen (secondary N) is 2. The van der Waals surface area contributed by atoms with Gasteiger partial charge in [0.1, 0.15) is 189 Å². The van der Waals surface area contributed by atoms with Crippen LogP contribution in [0, 0.1) is 0 Å². The summed E-state index contributed by atoms with van der Waals surface area (Å²) >= 11 is 0. The molecule has 546 valence electrons. The monoisotopic (exact) mass is 1380 g/mol. The van der Waals surface area contributed by atoms with Gasteiger partial charge in [-0.1, -0.05) is 0 Å². The van der Waals surface area contributed by atoms with Crippen LogP contribution in [0.2, 0.25) is 0 Å². The molecule has 0 aliphatic carbocycles. The topological polar surface area (TPSA) is 662 Å². The second-order valence-electron chi connectivity index (χ2n) is 23.9. The van der Waals surface area contributed by atoms with E-state index in [4.69, 9.17) is 71.1 Å². The minimum absolute atomic E-state index is 0.883. The summed E-state index contributed by atoms with van der Waals surface area (Å²) < 4.78 is 87.7. The Morgan fingerprint density at radius 3 is 1.13 bits per heavy atom. The average molecular weight is 1380 g/mol. The van der Waals surface area contributed by atoms with Crippen molar-refractivity contribution in [3.63, 3.8) is 0 Å². The highest BCUT2D eigenvalue weighted by molar-refractivity contribution is 5.73. The SMILES string of the molecule is CC(=O)N[C@H]1[C@H](O[C@H]2[C@@H](O)[C@@H](CO)O[C@@H](O[C@H]3[C@H](O[C@@H]4O[C@@H](C)[C@@H](O)[C@@H](O)[C@@H]4O)[C@@H](NC(C)=O)[C@H](OC[C@H]4O[C@@H](O[C@H]5[C@H](O)[C@@H](O)C(O)O[C@@H]5CO)[C@H](O)[C@@H](O[C@@H]5O[C@H](CO)[C@H](O)[C@H](O)[C@H]5O)[C@H]4O)O[C@@H]3CO)[C@@H]2O)O[C@H](CO)[C@@H](O[C@@H]2O[C@H](CO)[C@H](O)[C@H](O)[C@H]2O)[C@@H]1O. The van der Waals surface area contributed by atoms with Gasteiger partial charge in [-0.3, -0.25) is 9.59 Å². The Morgan fingerprint density at radius 2 is 0.638 bits per heavy atom. The fraction of sp³-hybridized carbons (Fsp3) is 0.962. The lowest BCUT2D eigenvalue weighted by Gasteiger charge is -2.51. The van der Waals surface area contributed by atoms with E-state index in [0.717, 1.165) is 13.8 Å². The summed E-state index contributed by atoms with van der Waals surface area (Å²) in [6.07, 6.45) is -75.5. The van der Waals surface area contributed by atoms with Gasteiger partial charge in [-0.2, -0.15) is 0 Å². The first-order valence-corrected chi connectivity index (χ1v) is 30.0. The van der Waals surface area contributed by atoms with E-state index in [1.165, 1.54) is 6.92 Å². The van der Waals surface area contributed by atoms with Gasteiger partial charge in [0.15, 0.2) is 50.3 Å². The third-order valence-electron chi connectivity index (χ3n) is 17.4. The Balaban J connectivity index is 1.09. The first-order chi connectivity index (χ1) is 44.4. The smallest absolute Gasteiger partial charge is 0.217 e. The van der Waals surface area contributed by atoms with Crippen molar-refractivity contribution in [1.29, 1.82) is 0 Å². The normalized spacial score (nSPS) is 51.2. The van der Waals surface area contributed by atoms with E-state index in [0.29, 0.717) is 0 Å². The van der Waals surface area contributed by atoms with E-state index < -0.39 is 304 Å². The van der Waals surface area contributed by atoms with Crippen molar-refractivity contribution in [2.24, 2.45) is 0 Å². The molecule has 8 saturated heterocycles. The Hall–Kier alpha value is -2.58. The molecule has 0 spiro atoms. The zero-order valence-electron chi connectivity index (χ0n) is 50.3. The Labute approximate surface area is 532 Å². The molecule has 8 aliphatic rings. The molecular formula is C52H88N2O40. The van der Waals surface area contributed by atoms with Crippen LogP contribution < -0.4 is 10.6 Å². The maximum absolute atomic E-state index is 13.3. The lowest BCUT2D eigenvalue weighted by molar-refractivity contribution is -0.392. The van der Waals surface area contributed by atoms with Crippen molar-refractivity contribution >= 4 is 11.8 Å². The van der Waals surface area contributed by atoms with Crippen molar-refractivity contribution in [2.75, 3.05) is 46.2 Å². The molecule has 40 atom stereocenters. The minimum Gasteiger partial charge on any atom is -0.394 e. The minimum atomic E-state index is -2.36. The van der Waals surface area contributed by atoms with Gasteiger partial charge in [0, 0.05) is 13.8 Å². The van der Waals surface area contributed by atoms with Crippen molar-refractivity contribution < 1.29 is 198 Å². The predicted molar refractivity (Wildman–Crippen MR) is 286 cm³/mol. The first-order valence-electron chi connectivity index (χ1n) is 30.0. The van der Waals surface area contributed by atoms with Crippen LogP contribution >= 0.6 is 0 Å². The molecule has 0 saturated carbocycles. The van der Waals surface area contributed by atoms with E-state index in [1.54, 1.807) is 0 Å². The number of aliphatic hydroxyl groups excluding tert-OH is 23. The van der Waals surface area contributed by atoms with E-state index in [1.807, 2.05) is 0 Å². The second kappa shape index (κ2) is 33.3. The molecule has 42 heteroatoms. The van der Waals surface area contributed by atoms with E-state index in [2.05, 4.69) is 10.6 Å². The number of rotatable bonds is 23. The highest BCUT2D eigenvalue weighted by Gasteiger charge is 2.60. The lowest BCUT2D eigenvalue weighted by atomic mass is 9.93. The zero-order valence-corrected chi connectivity index (χ0v) is 50.3. The van der Waals surface area contributed by atoms with Crippen LogP contribution in [0.25, 0.3) is 0 Å². The molecule has 8 fully saturated rings. The molecule has 25 N–H and O–H groups in total. The van der Waals surface area contributed by atoms with Gasteiger partial charge in [0.2, 0.25) is 11.8 Å². The fourth-order valence-corrected chi connectivity index (χ4v) is 12.1. The Kier molecular flexibility index (Phi) is 27.3. The number of hydrogen-bond donors (Lipinski definition) is 25. The summed E-state index contributed by atoms with van der Waals surface area (Å²) in [6.45, 7) is -4.09. The number of aliphatic hydroxyl groups is 23. The number of amides is 2. The maximum Gasteiger partial charge on any atom is 0.217 e. The summed E-state index contributed by atoms with van der Waals surface area (Å²) in [6, 6.07) is -3.73. The second-order valence-corrected chi connectivity index (χ2v) is 23.9. The molecule has 0 aromatic carbocycles. The lowest BCUT2D eigenvalue weighted by Crippen LogP contribution is -2.71. The molecule has 42 nitrogen and oxygen atoms in total. The molecule has 0 radical (unpaired) electrons.